The smallest absolute Gasteiger partial charge is 0.250 e. The minimum Gasteiger partial charge on any atom is -0.379 e. The summed E-state index contributed by atoms with van der Waals surface area (Å²) in [5.74, 6) is -0.137. The molecule has 5 nitrogen and oxygen atoms in total. The van der Waals surface area contributed by atoms with E-state index in [9.17, 15) is 4.79 Å². The molecule has 1 saturated heterocycles. The molecule has 1 atom stereocenters. The molecule has 1 heterocycles. The predicted octanol–water partition coefficient (Wildman–Crippen LogP) is 2.94. The van der Waals surface area contributed by atoms with Crippen LogP contribution < -0.4 is 5.73 Å². The topological polar surface area (TPSA) is 67.9 Å². The molecule has 0 saturated carbocycles. The van der Waals surface area contributed by atoms with E-state index in [-0.39, 0.29) is 5.92 Å². The van der Waals surface area contributed by atoms with Gasteiger partial charge in [0, 0.05) is 13.1 Å². The average molecular weight is 343 g/mol. The monoisotopic (exact) mass is 343 g/mol. The molecule has 25 heavy (non-hydrogen) atoms. The van der Waals surface area contributed by atoms with Gasteiger partial charge in [0.1, 0.15) is 0 Å². The Morgan fingerprint density at radius 2 is 2.00 bits per heavy atom. The summed E-state index contributed by atoms with van der Waals surface area (Å²) < 4.78 is 5.37. The molecule has 1 aliphatic heterocycles. The van der Waals surface area contributed by atoms with Crippen molar-refractivity contribution in [3.05, 3.63) is 42.0 Å². The number of hydrogen-bond donors (Lipinski definition) is 1. The summed E-state index contributed by atoms with van der Waals surface area (Å²) in [6, 6.07) is 9.61. The summed E-state index contributed by atoms with van der Waals surface area (Å²) in [4.78, 5) is 18.8. The first-order valence-corrected chi connectivity index (χ1v) is 8.98. The molecule has 1 aromatic carbocycles. The lowest BCUT2D eigenvalue weighted by molar-refractivity contribution is -0.114. The van der Waals surface area contributed by atoms with Crippen LogP contribution in [0.1, 0.15) is 26.7 Å². The number of aliphatic imine (C=N–C) groups is 1. The summed E-state index contributed by atoms with van der Waals surface area (Å²) >= 11 is 0. The van der Waals surface area contributed by atoms with Crippen LogP contribution in [0.5, 0.6) is 0 Å². The number of rotatable bonds is 8. The Kier molecular flexibility index (Phi) is 7.82. The zero-order valence-corrected chi connectivity index (χ0v) is 15.3. The van der Waals surface area contributed by atoms with E-state index in [1.807, 2.05) is 43.3 Å². The Hall–Kier alpha value is -1.98. The largest absolute Gasteiger partial charge is 0.379 e. The molecule has 1 fully saturated rings. The maximum Gasteiger partial charge on any atom is 0.250 e. The lowest BCUT2D eigenvalue weighted by atomic mass is 9.99. The molecule has 1 amide bonds. The third-order valence-electron chi connectivity index (χ3n) is 4.40. The minimum absolute atomic E-state index is 0.282. The van der Waals surface area contributed by atoms with Crippen molar-refractivity contribution < 1.29 is 9.53 Å². The Balaban J connectivity index is 1.93. The van der Waals surface area contributed by atoms with Gasteiger partial charge in [-0.15, -0.1) is 0 Å². The number of carbonyl (C=O) groups excluding carboxylic acids is 1. The van der Waals surface area contributed by atoms with E-state index in [0.717, 1.165) is 51.4 Å². The highest BCUT2D eigenvalue weighted by atomic mass is 16.5. The van der Waals surface area contributed by atoms with E-state index in [4.69, 9.17) is 10.5 Å². The first kappa shape index (κ1) is 19.3. The number of primary amides is 1. The van der Waals surface area contributed by atoms with Crippen molar-refractivity contribution in [2.24, 2.45) is 16.6 Å². The second kappa shape index (κ2) is 10.1. The Labute approximate surface area is 150 Å². The number of allylic oxidation sites excluding steroid dienone is 1. The van der Waals surface area contributed by atoms with Gasteiger partial charge >= 0.3 is 0 Å². The summed E-state index contributed by atoms with van der Waals surface area (Å²) in [6.45, 7) is 8.72. The van der Waals surface area contributed by atoms with Crippen LogP contribution in [-0.2, 0) is 9.53 Å². The standard InChI is InChI=1S/C20H29N3O2/c1-16(7-6-10-23-11-13-25-14-12-23)15-19(20(21)24)17(2)22-18-8-4-3-5-9-18/h3-5,8-9,15-16H,6-7,10-14H2,1-2H3,(H2,21,24)/b19-15+,22-17?. The molecule has 1 aliphatic rings. The van der Waals surface area contributed by atoms with Crippen LogP contribution in [0.2, 0.25) is 0 Å². The Morgan fingerprint density at radius 3 is 2.64 bits per heavy atom. The summed E-state index contributed by atoms with van der Waals surface area (Å²) in [6.07, 6.45) is 4.08. The molecule has 0 aromatic heterocycles. The van der Waals surface area contributed by atoms with E-state index >= 15 is 0 Å². The van der Waals surface area contributed by atoms with Crippen molar-refractivity contribution in [2.75, 3.05) is 32.8 Å². The zero-order chi connectivity index (χ0) is 18.1. The lowest BCUT2D eigenvalue weighted by Gasteiger charge is -2.26. The third kappa shape index (κ3) is 6.80. The van der Waals surface area contributed by atoms with Crippen molar-refractivity contribution in [2.45, 2.75) is 26.7 Å². The molecule has 2 N–H and O–H groups in total. The molecule has 1 unspecified atom stereocenters. The molecular weight excluding hydrogens is 314 g/mol. The number of amides is 1. The van der Waals surface area contributed by atoms with E-state index in [1.54, 1.807) is 0 Å². The van der Waals surface area contributed by atoms with E-state index in [2.05, 4.69) is 16.8 Å². The van der Waals surface area contributed by atoms with Crippen LogP contribution in [0.25, 0.3) is 0 Å². The summed E-state index contributed by atoms with van der Waals surface area (Å²) in [5.41, 5.74) is 7.58. The van der Waals surface area contributed by atoms with Gasteiger partial charge in [-0.2, -0.15) is 0 Å². The fraction of sp³-hybridized carbons (Fsp3) is 0.500. The van der Waals surface area contributed by atoms with Gasteiger partial charge in [-0.05, 0) is 44.4 Å². The van der Waals surface area contributed by atoms with Crippen molar-refractivity contribution in [1.82, 2.24) is 4.90 Å². The highest BCUT2D eigenvalue weighted by Crippen LogP contribution is 2.16. The Bertz CT molecular complexity index is 605. The number of morpholine rings is 1. The van der Waals surface area contributed by atoms with Gasteiger partial charge in [0.2, 0.25) is 5.91 Å². The van der Waals surface area contributed by atoms with Crippen molar-refractivity contribution >= 4 is 17.3 Å². The molecule has 5 heteroatoms. The van der Waals surface area contributed by atoms with Crippen LogP contribution in [0, 0.1) is 5.92 Å². The molecule has 0 bridgehead atoms. The average Bonchev–Trinajstić information content (AvgIpc) is 2.61. The quantitative estimate of drug-likeness (QED) is 0.583. The number of para-hydroxylation sites is 1. The van der Waals surface area contributed by atoms with Crippen LogP contribution in [0.15, 0.2) is 47.0 Å². The third-order valence-corrected chi connectivity index (χ3v) is 4.40. The maximum atomic E-state index is 11.8. The highest BCUT2D eigenvalue weighted by molar-refractivity contribution is 6.20. The number of ether oxygens (including phenoxy) is 1. The van der Waals surface area contributed by atoms with Gasteiger partial charge in [-0.3, -0.25) is 14.7 Å². The Morgan fingerprint density at radius 1 is 1.32 bits per heavy atom. The van der Waals surface area contributed by atoms with E-state index in [1.165, 1.54) is 0 Å². The highest BCUT2D eigenvalue weighted by Gasteiger charge is 2.13. The second-order valence-electron chi connectivity index (χ2n) is 6.55. The summed E-state index contributed by atoms with van der Waals surface area (Å²) in [5, 5.41) is 0. The SMILES string of the molecule is CC(=Nc1ccccc1)/C(=C\C(C)CCCN1CCOCC1)C(N)=O. The van der Waals surface area contributed by atoms with Gasteiger partial charge < -0.3 is 10.5 Å². The number of hydrogen-bond acceptors (Lipinski definition) is 4. The number of nitrogens with zero attached hydrogens (tertiary/aromatic N) is 2. The molecule has 0 aliphatic carbocycles. The number of benzene rings is 1. The van der Waals surface area contributed by atoms with Crippen molar-refractivity contribution in [3.8, 4) is 0 Å². The van der Waals surface area contributed by atoms with Crippen LogP contribution in [0.4, 0.5) is 5.69 Å². The zero-order valence-electron chi connectivity index (χ0n) is 15.3. The fourth-order valence-electron chi connectivity index (χ4n) is 2.97. The molecular formula is C20H29N3O2. The number of nitrogens with two attached hydrogens (primary N) is 1. The molecule has 0 radical (unpaired) electrons. The van der Waals surface area contributed by atoms with Crippen LogP contribution >= 0.6 is 0 Å². The van der Waals surface area contributed by atoms with Gasteiger partial charge in [0.15, 0.2) is 0 Å². The van der Waals surface area contributed by atoms with Gasteiger partial charge in [0.05, 0.1) is 30.2 Å². The second-order valence-corrected chi connectivity index (χ2v) is 6.55. The number of carbonyl (C=O) groups is 1. The first-order chi connectivity index (χ1) is 12.1. The first-order valence-electron chi connectivity index (χ1n) is 8.98. The summed E-state index contributed by atoms with van der Waals surface area (Å²) in [7, 11) is 0. The lowest BCUT2D eigenvalue weighted by Crippen LogP contribution is -2.36. The molecule has 2 rings (SSSR count). The molecule has 0 spiro atoms. The van der Waals surface area contributed by atoms with E-state index < -0.39 is 5.91 Å². The van der Waals surface area contributed by atoms with Gasteiger partial charge in [-0.25, -0.2) is 0 Å². The van der Waals surface area contributed by atoms with E-state index in [0.29, 0.717) is 11.3 Å². The van der Waals surface area contributed by atoms with Crippen LogP contribution in [0.3, 0.4) is 0 Å². The predicted molar refractivity (Wildman–Crippen MR) is 102 cm³/mol. The fourth-order valence-corrected chi connectivity index (χ4v) is 2.97. The molecule has 1 aromatic rings. The van der Waals surface area contributed by atoms with Crippen molar-refractivity contribution in [3.63, 3.8) is 0 Å². The normalized spacial score (nSPS) is 18.2. The maximum absolute atomic E-state index is 11.8. The minimum atomic E-state index is -0.419. The van der Waals surface area contributed by atoms with Crippen LogP contribution in [-0.4, -0.2) is 49.4 Å². The van der Waals surface area contributed by atoms with Gasteiger partial charge in [-0.1, -0.05) is 31.2 Å². The molecule has 136 valence electrons. The van der Waals surface area contributed by atoms with Gasteiger partial charge in [0.25, 0.3) is 0 Å². The van der Waals surface area contributed by atoms with Crippen molar-refractivity contribution in [1.29, 1.82) is 0 Å².